The van der Waals surface area contributed by atoms with Crippen LogP contribution in [-0.2, 0) is 7.05 Å². The maximum Gasteiger partial charge on any atom is 0.343 e. The van der Waals surface area contributed by atoms with Crippen LogP contribution in [0.2, 0.25) is 0 Å². The number of rotatable bonds is 4. The fraction of sp³-hybridized carbons (Fsp3) is 0.300. The van der Waals surface area contributed by atoms with E-state index >= 15 is 0 Å². The van der Waals surface area contributed by atoms with E-state index in [1.165, 1.54) is 11.6 Å². The van der Waals surface area contributed by atoms with E-state index in [0.29, 0.717) is 6.54 Å². The van der Waals surface area contributed by atoms with E-state index in [1.807, 2.05) is 0 Å². The number of nitrogens with one attached hydrogen (secondary N) is 2. The molecule has 0 radical (unpaired) electrons. The fourth-order valence-electron chi connectivity index (χ4n) is 1.32. The molecule has 0 amide bonds. The third-order valence-corrected chi connectivity index (χ3v) is 3.30. The number of aromatic amines is 1. The summed E-state index contributed by atoms with van der Waals surface area (Å²) in [4.78, 5) is 15.0. The van der Waals surface area contributed by atoms with Gasteiger partial charge in [0, 0.05) is 19.7 Å². The van der Waals surface area contributed by atoms with Crippen LogP contribution >= 0.6 is 11.8 Å². The van der Waals surface area contributed by atoms with Gasteiger partial charge in [-0.2, -0.15) is 0 Å². The molecule has 2 aromatic rings. The highest BCUT2D eigenvalue weighted by Crippen LogP contribution is 2.28. The van der Waals surface area contributed by atoms with E-state index in [9.17, 15) is 13.6 Å². The van der Waals surface area contributed by atoms with Gasteiger partial charge in [0.2, 0.25) is 0 Å². The molecule has 0 bridgehead atoms. The topological polar surface area (TPSA) is 75.6 Å². The van der Waals surface area contributed by atoms with Gasteiger partial charge in [-0.1, -0.05) is 0 Å². The Labute approximate surface area is 111 Å². The minimum Gasteiger partial charge on any atom is -0.368 e. The van der Waals surface area contributed by atoms with Crippen molar-refractivity contribution >= 4 is 17.6 Å². The Morgan fingerprint density at radius 3 is 2.79 bits per heavy atom. The lowest BCUT2D eigenvalue weighted by molar-refractivity contribution is 0.550. The lowest BCUT2D eigenvalue weighted by Gasteiger charge is -2.07. The maximum atomic E-state index is 13.6. The predicted molar refractivity (Wildman–Crippen MR) is 66.3 cm³/mol. The zero-order chi connectivity index (χ0) is 14.0. The van der Waals surface area contributed by atoms with Crippen molar-refractivity contribution in [1.29, 1.82) is 0 Å². The molecule has 2 N–H and O–H groups in total. The molecule has 2 heterocycles. The van der Waals surface area contributed by atoms with Crippen molar-refractivity contribution in [2.45, 2.75) is 17.1 Å². The molecular weight excluding hydrogens is 276 g/mol. The minimum atomic E-state index is -0.806. The van der Waals surface area contributed by atoms with Crippen LogP contribution in [0.15, 0.2) is 21.0 Å². The Bertz CT molecular complexity index is 654. The van der Waals surface area contributed by atoms with Gasteiger partial charge in [-0.3, -0.25) is 4.57 Å². The van der Waals surface area contributed by atoms with Crippen molar-refractivity contribution in [1.82, 2.24) is 19.7 Å². The summed E-state index contributed by atoms with van der Waals surface area (Å²) >= 11 is 0.838. The monoisotopic (exact) mass is 287 g/mol. The largest absolute Gasteiger partial charge is 0.368 e. The summed E-state index contributed by atoms with van der Waals surface area (Å²) in [6.07, 6.45) is 0. The van der Waals surface area contributed by atoms with Gasteiger partial charge >= 0.3 is 5.69 Å². The van der Waals surface area contributed by atoms with Gasteiger partial charge in [-0.05, 0) is 18.7 Å². The molecule has 6 nitrogen and oxygen atoms in total. The molecule has 0 aromatic carbocycles. The van der Waals surface area contributed by atoms with Gasteiger partial charge < -0.3 is 5.32 Å². The summed E-state index contributed by atoms with van der Waals surface area (Å²) in [7, 11) is 1.49. The van der Waals surface area contributed by atoms with Crippen LogP contribution in [0.5, 0.6) is 0 Å². The van der Waals surface area contributed by atoms with Gasteiger partial charge in [-0.25, -0.2) is 23.7 Å². The van der Waals surface area contributed by atoms with Crippen LogP contribution in [0.3, 0.4) is 0 Å². The van der Waals surface area contributed by atoms with Crippen LogP contribution in [0.25, 0.3) is 0 Å². The molecule has 0 spiro atoms. The molecule has 0 fully saturated rings. The van der Waals surface area contributed by atoms with E-state index in [1.54, 1.807) is 6.92 Å². The number of hydrogen-bond acceptors (Lipinski definition) is 5. The smallest absolute Gasteiger partial charge is 0.343 e. The van der Waals surface area contributed by atoms with Crippen LogP contribution in [0.1, 0.15) is 6.92 Å². The first-order valence-corrected chi connectivity index (χ1v) is 6.23. The maximum absolute atomic E-state index is 13.6. The highest BCUT2D eigenvalue weighted by Gasteiger charge is 2.15. The molecule has 102 valence electrons. The van der Waals surface area contributed by atoms with Crippen molar-refractivity contribution in [3.63, 3.8) is 0 Å². The number of hydrogen-bond donors (Lipinski definition) is 2. The second kappa shape index (κ2) is 5.39. The minimum absolute atomic E-state index is 0.0352. The van der Waals surface area contributed by atoms with E-state index in [-0.39, 0.29) is 16.0 Å². The number of aromatic nitrogens is 4. The first-order chi connectivity index (χ1) is 9.02. The quantitative estimate of drug-likeness (QED) is 0.888. The van der Waals surface area contributed by atoms with Crippen LogP contribution in [0, 0.1) is 11.6 Å². The van der Waals surface area contributed by atoms with Crippen LogP contribution in [-0.4, -0.2) is 26.3 Å². The third-order valence-electron chi connectivity index (χ3n) is 2.27. The molecule has 0 saturated carbocycles. The normalized spacial score (nSPS) is 10.7. The molecule has 2 rings (SSSR count). The number of halogens is 2. The lowest BCUT2D eigenvalue weighted by atomic mass is 10.4. The van der Waals surface area contributed by atoms with Crippen LogP contribution in [0.4, 0.5) is 14.6 Å². The fourth-order valence-corrected chi connectivity index (χ4v) is 2.10. The van der Waals surface area contributed by atoms with Crippen molar-refractivity contribution in [3.8, 4) is 0 Å². The molecule has 0 aliphatic rings. The van der Waals surface area contributed by atoms with Gasteiger partial charge in [0.05, 0.1) is 0 Å². The highest BCUT2D eigenvalue weighted by molar-refractivity contribution is 7.99. The predicted octanol–water partition coefficient (Wildman–Crippen LogP) is 1.36. The number of H-pyrrole nitrogens is 1. The molecule has 9 heteroatoms. The number of nitrogens with zero attached hydrogens (tertiary/aromatic N) is 3. The van der Waals surface area contributed by atoms with Crippen LogP contribution < -0.4 is 11.0 Å². The molecule has 0 atom stereocenters. The molecule has 0 saturated heterocycles. The average Bonchev–Trinajstić information content (AvgIpc) is 2.67. The second-order valence-corrected chi connectivity index (χ2v) is 4.56. The standard InChI is InChI=1S/C10H11F2N5OS/c1-3-13-7-5(11)4-6(12)8(14-7)19-10-16-15-9(18)17(10)2/h4H,3H2,1-2H3,(H,13,14)(H,15,18). The zero-order valence-electron chi connectivity index (χ0n) is 10.2. The van der Waals surface area contributed by atoms with E-state index in [2.05, 4.69) is 20.5 Å². The van der Waals surface area contributed by atoms with Crippen molar-refractivity contribution in [2.24, 2.45) is 7.05 Å². The number of anilines is 1. The summed E-state index contributed by atoms with van der Waals surface area (Å²) in [5, 5.41) is 8.81. The SMILES string of the molecule is CCNc1nc(Sc2n[nH]c(=O)n2C)c(F)cc1F. The second-order valence-electron chi connectivity index (χ2n) is 3.61. The van der Waals surface area contributed by atoms with Crippen molar-refractivity contribution in [3.05, 3.63) is 28.2 Å². The summed E-state index contributed by atoms with van der Waals surface area (Å²) in [6, 6.07) is 0.748. The molecule has 0 aliphatic heterocycles. The summed E-state index contributed by atoms with van der Waals surface area (Å²) in [5.41, 5.74) is -0.420. The van der Waals surface area contributed by atoms with Gasteiger partial charge in [-0.15, -0.1) is 5.10 Å². The first kappa shape index (κ1) is 13.5. The lowest BCUT2D eigenvalue weighted by Crippen LogP contribution is -2.13. The Balaban J connectivity index is 2.37. The molecule has 19 heavy (non-hydrogen) atoms. The summed E-state index contributed by atoms with van der Waals surface area (Å²) in [6.45, 7) is 2.23. The molecular formula is C10H11F2N5OS. The highest BCUT2D eigenvalue weighted by atomic mass is 32.2. The summed E-state index contributed by atoms with van der Waals surface area (Å²) in [5.74, 6) is -1.61. The zero-order valence-corrected chi connectivity index (χ0v) is 11.0. The van der Waals surface area contributed by atoms with Crippen molar-refractivity contribution < 1.29 is 8.78 Å². The number of pyridine rings is 1. The van der Waals surface area contributed by atoms with Gasteiger partial charge in [0.25, 0.3) is 0 Å². The Morgan fingerprint density at radius 1 is 1.47 bits per heavy atom. The van der Waals surface area contributed by atoms with Crippen molar-refractivity contribution in [2.75, 3.05) is 11.9 Å². The van der Waals surface area contributed by atoms with Gasteiger partial charge in [0.1, 0.15) is 5.03 Å². The van der Waals surface area contributed by atoms with Gasteiger partial charge in [0.15, 0.2) is 22.6 Å². The molecule has 0 unspecified atom stereocenters. The Kier molecular flexibility index (Phi) is 3.84. The average molecular weight is 287 g/mol. The first-order valence-electron chi connectivity index (χ1n) is 5.42. The Morgan fingerprint density at radius 2 is 2.21 bits per heavy atom. The molecule has 2 aromatic heterocycles. The van der Waals surface area contributed by atoms with E-state index in [0.717, 1.165) is 17.8 Å². The Hall–Kier alpha value is -1.90. The van der Waals surface area contributed by atoms with E-state index < -0.39 is 17.3 Å². The van der Waals surface area contributed by atoms with E-state index in [4.69, 9.17) is 0 Å². The third kappa shape index (κ3) is 2.75. The molecule has 0 aliphatic carbocycles. The summed E-state index contributed by atoms with van der Waals surface area (Å²) < 4.78 is 28.2.